The monoisotopic (exact) mass is 215 g/mol. The fraction of sp³-hybridized carbons (Fsp3) is 1.00. The van der Waals surface area contributed by atoms with E-state index < -0.39 is 0 Å². The lowest BCUT2D eigenvalue weighted by atomic mass is 10.0. The van der Waals surface area contributed by atoms with Gasteiger partial charge in [0.05, 0.1) is 0 Å². The Hall–Kier alpha value is 0.460. The first-order chi connectivity index (χ1) is 4.88. The third-order valence-electron chi connectivity index (χ3n) is 2.18. The highest BCUT2D eigenvalue weighted by Gasteiger charge is 2.24. The first-order valence-electron chi connectivity index (χ1n) is 3.91. The lowest BCUT2D eigenvalue weighted by molar-refractivity contribution is 0.439. The Labute approximate surface area is 86.9 Å². The van der Waals surface area contributed by atoms with Crippen LogP contribution in [0.25, 0.3) is 0 Å². The van der Waals surface area contributed by atoms with Gasteiger partial charge in [-0.3, -0.25) is 0 Å². The van der Waals surface area contributed by atoms with Crippen LogP contribution in [0, 0.1) is 5.92 Å². The van der Waals surface area contributed by atoms with Crippen LogP contribution in [0.5, 0.6) is 0 Å². The standard InChI is InChI=1S/C7H17N3.2ClH/c1-8-3-6-4-10-5-7(6)9-2;;/h6-10H,3-5H2,1-2H3;2*1H. The van der Waals surface area contributed by atoms with Crippen molar-refractivity contribution in [2.45, 2.75) is 6.04 Å². The molecule has 0 aromatic heterocycles. The second-order valence-corrected chi connectivity index (χ2v) is 2.87. The number of halogens is 2. The minimum Gasteiger partial charge on any atom is -0.319 e. The van der Waals surface area contributed by atoms with E-state index >= 15 is 0 Å². The summed E-state index contributed by atoms with van der Waals surface area (Å²) in [5, 5.41) is 9.85. The van der Waals surface area contributed by atoms with E-state index in [9.17, 15) is 0 Å². The minimum atomic E-state index is 0. The second kappa shape index (κ2) is 8.08. The summed E-state index contributed by atoms with van der Waals surface area (Å²) in [4.78, 5) is 0. The number of rotatable bonds is 3. The number of likely N-dealkylation sites (N-methyl/N-ethyl adjacent to an activating group) is 1. The smallest absolute Gasteiger partial charge is 0.0241 e. The summed E-state index contributed by atoms with van der Waals surface area (Å²) in [5.74, 6) is 0.759. The van der Waals surface area contributed by atoms with Gasteiger partial charge in [0.25, 0.3) is 0 Å². The van der Waals surface area contributed by atoms with Gasteiger partial charge in [-0.15, -0.1) is 24.8 Å². The predicted molar refractivity (Wildman–Crippen MR) is 57.6 cm³/mol. The van der Waals surface area contributed by atoms with E-state index in [2.05, 4.69) is 16.0 Å². The van der Waals surface area contributed by atoms with Gasteiger partial charge in [0.2, 0.25) is 0 Å². The van der Waals surface area contributed by atoms with Gasteiger partial charge in [-0.25, -0.2) is 0 Å². The number of nitrogens with one attached hydrogen (secondary N) is 3. The molecule has 1 fully saturated rings. The van der Waals surface area contributed by atoms with Crippen LogP contribution in [-0.4, -0.2) is 39.8 Å². The van der Waals surface area contributed by atoms with E-state index in [4.69, 9.17) is 0 Å². The van der Waals surface area contributed by atoms with Crippen LogP contribution in [-0.2, 0) is 0 Å². The highest BCUT2D eigenvalue weighted by atomic mass is 35.5. The average molecular weight is 216 g/mol. The third kappa shape index (κ3) is 3.92. The van der Waals surface area contributed by atoms with Gasteiger partial charge in [-0.2, -0.15) is 0 Å². The zero-order valence-corrected chi connectivity index (χ0v) is 9.23. The first-order valence-corrected chi connectivity index (χ1v) is 3.91. The molecule has 1 aliphatic rings. The van der Waals surface area contributed by atoms with Gasteiger partial charge in [0, 0.05) is 31.6 Å². The Kier molecular flexibility index (Phi) is 10.1. The molecule has 0 bridgehead atoms. The third-order valence-corrected chi connectivity index (χ3v) is 2.18. The summed E-state index contributed by atoms with van der Waals surface area (Å²) in [6, 6.07) is 0.660. The molecule has 3 N–H and O–H groups in total. The topological polar surface area (TPSA) is 36.1 Å². The molecular weight excluding hydrogens is 197 g/mol. The molecule has 2 unspecified atom stereocenters. The molecule has 1 aliphatic heterocycles. The van der Waals surface area contributed by atoms with Crippen molar-refractivity contribution in [2.24, 2.45) is 5.92 Å². The van der Waals surface area contributed by atoms with Gasteiger partial charge in [0.15, 0.2) is 0 Å². The van der Waals surface area contributed by atoms with Gasteiger partial charge >= 0.3 is 0 Å². The Morgan fingerprint density at radius 2 is 1.92 bits per heavy atom. The minimum absolute atomic E-state index is 0. The zero-order chi connectivity index (χ0) is 7.40. The first kappa shape index (κ1) is 15.0. The Balaban J connectivity index is 0. The molecule has 76 valence electrons. The van der Waals surface area contributed by atoms with Gasteiger partial charge < -0.3 is 16.0 Å². The number of hydrogen-bond donors (Lipinski definition) is 3. The maximum absolute atomic E-state index is 3.36. The van der Waals surface area contributed by atoms with Gasteiger partial charge in [0.1, 0.15) is 0 Å². The SMILES string of the molecule is CNCC1CNCC1NC.Cl.Cl. The molecule has 0 amide bonds. The van der Waals surface area contributed by atoms with E-state index in [0.717, 1.165) is 25.6 Å². The molecule has 2 atom stereocenters. The van der Waals surface area contributed by atoms with Crippen molar-refractivity contribution in [3.05, 3.63) is 0 Å². The molecule has 1 heterocycles. The molecule has 3 nitrogen and oxygen atoms in total. The summed E-state index contributed by atoms with van der Waals surface area (Å²) in [6.07, 6.45) is 0. The molecule has 0 aliphatic carbocycles. The van der Waals surface area contributed by atoms with E-state index in [1.165, 1.54) is 0 Å². The van der Waals surface area contributed by atoms with Gasteiger partial charge in [-0.05, 0) is 14.1 Å². The van der Waals surface area contributed by atoms with Crippen LogP contribution in [0.2, 0.25) is 0 Å². The second-order valence-electron chi connectivity index (χ2n) is 2.87. The van der Waals surface area contributed by atoms with Crippen molar-refractivity contribution < 1.29 is 0 Å². The summed E-state index contributed by atoms with van der Waals surface area (Å²) in [7, 11) is 4.03. The van der Waals surface area contributed by atoms with E-state index in [-0.39, 0.29) is 24.8 Å². The highest BCUT2D eigenvalue weighted by Crippen LogP contribution is 2.06. The summed E-state index contributed by atoms with van der Waals surface area (Å²) in [6.45, 7) is 3.37. The van der Waals surface area contributed by atoms with E-state index in [1.807, 2.05) is 14.1 Å². The Bertz CT molecular complexity index is 103. The van der Waals surface area contributed by atoms with Crippen LogP contribution in [0.1, 0.15) is 0 Å². The maximum Gasteiger partial charge on any atom is 0.0241 e. The quantitative estimate of drug-likeness (QED) is 0.614. The molecular formula is C7H19Cl2N3. The fourth-order valence-corrected chi connectivity index (χ4v) is 1.55. The van der Waals surface area contributed by atoms with Crippen LogP contribution in [0.4, 0.5) is 0 Å². The molecule has 12 heavy (non-hydrogen) atoms. The Morgan fingerprint density at radius 1 is 1.25 bits per heavy atom. The summed E-state index contributed by atoms with van der Waals surface area (Å²) < 4.78 is 0. The van der Waals surface area contributed by atoms with Crippen molar-refractivity contribution in [3.63, 3.8) is 0 Å². The summed E-state index contributed by atoms with van der Waals surface area (Å²) in [5.41, 5.74) is 0. The fourth-order valence-electron chi connectivity index (χ4n) is 1.55. The average Bonchev–Trinajstić information content (AvgIpc) is 2.36. The van der Waals surface area contributed by atoms with Crippen LogP contribution in [0.15, 0.2) is 0 Å². The molecule has 0 aromatic carbocycles. The van der Waals surface area contributed by atoms with Crippen molar-refractivity contribution in [2.75, 3.05) is 33.7 Å². The normalized spacial score (nSPS) is 27.5. The van der Waals surface area contributed by atoms with Crippen molar-refractivity contribution in [1.82, 2.24) is 16.0 Å². The summed E-state index contributed by atoms with van der Waals surface area (Å²) >= 11 is 0. The highest BCUT2D eigenvalue weighted by molar-refractivity contribution is 5.85. The van der Waals surface area contributed by atoms with Crippen LogP contribution in [0.3, 0.4) is 0 Å². The molecule has 0 aromatic rings. The van der Waals surface area contributed by atoms with Crippen molar-refractivity contribution in [1.29, 1.82) is 0 Å². The maximum atomic E-state index is 3.36. The Morgan fingerprint density at radius 3 is 2.42 bits per heavy atom. The lowest BCUT2D eigenvalue weighted by Crippen LogP contribution is -2.37. The molecule has 1 saturated heterocycles. The zero-order valence-electron chi connectivity index (χ0n) is 7.59. The van der Waals surface area contributed by atoms with Crippen molar-refractivity contribution in [3.8, 4) is 0 Å². The molecule has 0 saturated carbocycles. The molecule has 0 radical (unpaired) electrons. The molecule has 0 spiro atoms. The predicted octanol–water partition coefficient (Wildman–Crippen LogP) is -0.143. The van der Waals surface area contributed by atoms with Crippen molar-refractivity contribution >= 4 is 24.8 Å². The lowest BCUT2D eigenvalue weighted by Gasteiger charge is -2.16. The largest absolute Gasteiger partial charge is 0.319 e. The van der Waals surface area contributed by atoms with E-state index in [0.29, 0.717) is 6.04 Å². The number of hydrogen-bond acceptors (Lipinski definition) is 3. The van der Waals surface area contributed by atoms with Crippen LogP contribution < -0.4 is 16.0 Å². The molecule has 5 heteroatoms. The van der Waals surface area contributed by atoms with Crippen LogP contribution >= 0.6 is 24.8 Å². The molecule has 1 rings (SSSR count). The van der Waals surface area contributed by atoms with Gasteiger partial charge in [-0.1, -0.05) is 0 Å². The van der Waals surface area contributed by atoms with E-state index in [1.54, 1.807) is 0 Å².